The number of methoxy groups -OCH3 is 1. The molecule has 0 atom stereocenters. The maximum Gasteiger partial charge on any atom is 0.243 e. The molecule has 0 spiro atoms. The van der Waals surface area contributed by atoms with Gasteiger partial charge in [0, 0.05) is 19.1 Å². The third-order valence-electron chi connectivity index (χ3n) is 3.96. The van der Waals surface area contributed by atoms with E-state index in [2.05, 4.69) is 26.0 Å². The van der Waals surface area contributed by atoms with Gasteiger partial charge in [-0.2, -0.15) is 0 Å². The molecule has 1 saturated heterocycles. The molecule has 2 rings (SSSR count). The van der Waals surface area contributed by atoms with E-state index in [9.17, 15) is 12.8 Å². The SMILES string of the molecule is COCC1(CNS(=O)(=O)c2cccc(Br)c2F)CCNCC1.Cl. The summed E-state index contributed by atoms with van der Waals surface area (Å²) in [6, 6.07) is 4.22. The fourth-order valence-electron chi connectivity index (χ4n) is 2.65. The van der Waals surface area contributed by atoms with Crippen molar-refractivity contribution in [3.05, 3.63) is 28.5 Å². The standard InChI is InChI=1S/C14H20BrFN2O3S.ClH/c1-21-10-14(5-7-17-8-6-14)9-18-22(19,20)12-4-2-3-11(15)13(12)16;/h2-4,17-18H,5-10H2,1H3;1H. The second-order valence-electron chi connectivity index (χ2n) is 5.56. The highest BCUT2D eigenvalue weighted by Crippen LogP contribution is 2.29. The molecule has 23 heavy (non-hydrogen) atoms. The summed E-state index contributed by atoms with van der Waals surface area (Å²) in [5.74, 6) is -0.777. The summed E-state index contributed by atoms with van der Waals surface area (Å²) in [6.45, 7) is 2.33. The fourth-order valence-corrected chi connectivity index (χ4v) is 4.41. The minimum Gasteiger partial charge on any atom is -0.384 e. The number of hydrogen-bond donors (Lipinski definition) is 2. The maximum atomic E-state index is 14.0. The van der Waals surface area contributed by atoms with E-state index in [4.69, 9.17) is 4.74 Å². The van der Waals surface area contributed by atoms with Crippen molar-refractivity contribution in [3.63, 3.8) is 0 Å². The molecule has 0 aliphatic carbocycles. The van der Waals surface area contributed by atoms with Crippen LogP contribution in [0.1, 0.15) is 12.8 Å². The minimum atomic E-state index is -3.90. The van der Waals surface area contributed by atoms with Gasteiger partial charge in [-0.05, 0) is 54.0 Å². The fraction of sp³-hybridized carbons (Fsp3) is 0.571. The summed E-state index contributed by atoms with van der Waals surface area (Å²) < 4.78 is 46.7. The van der Waals surface area contributed by atoms with Crippen molar-refractivity contribution in [1.29, 1.82) is 0 Å². The van der Waals surface area contributed by atoms with E-state index in [0.29, 0.717) is 6.61 Å². The van der Waals surface area contributed by atoms with Gasteiger partial charge in [0.05, 0.1) is 11.1 Å². The summed E-state index contributed by atoms with van der Waals surface area (Å²) in [5.41, 5.74) is -0.254. The number of halogens is 3. The van der Waals surface area contributed by atoms with Gasteiger partial charge in [-0.15, -0.1) is 12.4 Å². The Balaban J connectivity index is 0.00000264. The lowest BCUT2D eigenvalue weighted by molar-refractivity contribution is 0.0577. The Bertz CT molecular complexity index is 619. The predicted molar refractivity (Wildman–Crippen MR) is 92.9 cm³/mol. The van der Waals surface area contributed by atoms with Gasteiger partial charge in [-0.25, -0.2) is 17.5 Å². The zero-order valence-electron chi connectivity index (χ0n) is 12.8. The molecule has 0 unspecified atom stereocenters. The Hall–Kier alpha value is -0.250. The van der Waals surface area contributed by atoms with E-state index in [-0.39, 0.29) is 33.7 Å². The topological polar surface area (TPSA) is 67.4 Å². The van der Waals surface area contributed by atoms with Crippen LogP contribution in [-0.2, 0) is 14.8 Å². The second kappa shape index (κ2) is 8.73. The van der Waals surface area contributed by atoms with Crippen molar-refractivity contribution in [2.24, 2.45) is 5.41 Å². The first-order valence-corrected chi connectivity index (χ1v) is 9.31. The molecule has 1 aliphatic rings. The van der Waals surface area contributed by atoms with Gasteiger partial charge in [-0.1, -0.05) is 6.07 Å². The van der Waals surface area contributed by atoms with Crippen LogP contribution >= 0.6 is 28.3 Å². The highest BCUT2D eigenvalue weighted by Gasteiger charge is 2.34. The van der Waals surface area contributed by atoms with Crippen LogP contribution in [0.2, 0.25) is 0 Å². The van der Waals surface area contributed by atoms with Crippen LogP contribution in [0.25, 0.3) is 0 Å². The van der Waals surface area contributed by atoms with Crippen LogP contribution in [0.3, 0.4) is 0 Å². The summed E-state index contributed by atoms with van der Waals surface area (Å²) in [5, 5.41) is 3.24. The Kier molecular flexibility index (Phi) is 7.89. The van der Waals surface area contributed by atoms with E-state index < -0.39 is 15.8 Å². The lowest BCUT2D eigenvalue weighted by Crippen LogP contribution is -2.47. The van der Waals surface area contributed by atoms with Crippen LogP contribution in [0.5, 0.6) is 0 Å². The molecule has 0 aromatic heterocycles. The smallest absolute Gasteiger partial charge is 0.243 e. The molecule has 9 heteroatoms. The lowest BCUT2D eigenvalue weighted by Gasteiger charge is -2.37. The van der Waals surface area contributed by atoms with Crippen molar-refractivity contribution in [1.82, 2.24) is 10.0 Å². The summed E-state index contributed by atoms with van der Waals surface area (Å²) in [7, 11) is -2.30. The third kappa shape index (κ3) is 5.11. The van der Waals surface area contributed by atoms with Crippen LogP contribution in [-0.4, -0.2) is 41.8 Å². The number of sulfonamides is 1. The number of nitrogens with one attached hydrogen (secondary N) is 2. The zero-order chi connectivity index (χ0) is 16.2. The molecule has 0 bridgehead atoms. The molecule has 1 aromatic rings. The molecule has 1 fully saturated rings. The summed E-state index contributed by atoms with van der Waals surface area (Å²) in [4.78, 5) is -0.344. The van der Waals surface area contributed by atoms with Crippen LogP contribution < -0.4 is 10.0 Å². The van der Waals surface area contributed by atoms with Crippen LogP contribution in [0, 0.1) is 11.2 Å². The van der Waals surface area contributed by atoms with E-state index in [1.54, 1.807) is 7.11 Å². The van der Waals surface area contributed by atoms with Crippen molar-refractivity contribution in [3.8, 4) is 0 Å². The Morgan fingerprint density at radius 3 is 2.65 bits per heavy atom. The zero-order valence-corrected chi connectivity index (χ0v) is 16.0. The van der Waals surface area contributed by atoms with Gasteiger partial charge in [-0.3, -0.25) is 0 Å². The lowest BCUT2D eigenvalue weighted by atomic mass is 9.80. The van der Waals surface area contributed by atoms with Gasteiger partial charge in [0.15, 0.2) is 5.82 Å². The molecule has 1 aliphatic heterocycles. The first-order chi connectivity index (χ1) is 10.4. The highest BCUT2D eigenvalue weighted by molar-refractivity contribution is 9.10. The van der Waals surface area contributed by atoms with E-state index >= 15 is 0 Å². The molecular weight excluding hydrogens is 411 g/mol. The van der Waals surface area contributed by atoms with E-state index in [0.717, 1.165) is 25.9 Å². The predicted octanol–water partition coefficient (Wildman–Crippen LogP) is 2.30. The van der Waals surface area contributed by atoms with Crippen LogP contribution in [0.4, 0.5) is 4.39 Å². The van der Waals surface area contributed by atoms with E-state index in [1.807, 2.05) is 0 Å². The quantitative estimate of drug-likeness (QED) is 0.725. The molecule has 0 amide bonds. The number of hydrogen-bond acceptors (Lipinski definition) is 4. The number of rotatable bonds is 6. The van der Waals surface area contributed by atoms with Gasteiger partial charge in [0.2, 0.25) is 10.0 Å². The molecule has 1 aromatic carbocycles. The maximum absolute atomic E-state index is 14.0. The summed E-state index contributed by atoms with van der Waals surface area (Å²) >= 11 is 3.01. The number of piperidine rings is 1. The molecule has 1 heterocycles. The molecule has 5 nitrogen and oxygen atoms in total. The molecular formula is C14H21BrClFN2O3S. The number of ether oxygens (including phenoxy) is 1. The average Bonchev–Trinajstić information content (AvgIpc) is 2.49. The minimum absolute atomic E-state index is 0. The van der Waals surface area contributed by atoms with Crippen molar-refractivity contribution >= 4 is 38.4 Å². The van der Waals surface area contributed by atoms with Gasteiger partial charge >= 0.3 is 0 Å². The molecule has 0 saturated carbocycles. The Morgan fingerprint density at radius 1 is 1.39 bits per heavy atom. The van der Waals surface area contributed by atoms with Gasteiger partial charge in [0.25, 0.3) is 0 Å². The Morgan fingerprint density at radius 2 is 2.04 bits per heavy atom. The van der Waals surface area contributed by atoms with E-state index in [1.165, 1.54) is 18.2 Å². The first kappa shape index (κ1) is 20.8. The van der Waals surface area contributed by atoms with Crippen molar-refractivity contribution in [2.75, 3.05) is 33.4 Å². The molecule has 2 N–H and O–H groups in total. The third-order valence-corrected chi connectivity index (χ3v) is 5.99. The van der Waals surface area contributed by atoms with Gasteiger partial charge < -0.3 is 10.1 Å². The first-order valence-electron chi connectivity index (χ1n) is 7.04. The van der Waals surface area contributed by atoms with Crippen molar-refractivity contribution < 1.29 is 17.5 Å². The monoisotopic (exact) mass is 430 g/mol. The van der Waals surface area contributed by atoms with Crippen LogP contribution in [0.15, 0.2) is 27.6 Å². The van der Waals surface area contributed by atoms with Crippen molar-refractivity contribution in [2.45, 2.75) is 17.7 Å². The molecule has 132 valence electrons. The molecule has 0 radical (unpaired) electrons. The summed E-state index contributed by atoms with van der Waals surface area (Å²) in [6.07, 6.45) is 1.62. The Labute approximate surface area is 151 Å². The normalized spacial score (nSPS) is 17.5. The average molecular weight is 432 g/mol. The van der Waals surface area contributed by atoms with Gasteiger partial charge in [0.1, 0.15) is 4.90 Å². The highest BCUT2D eigenvalue weighted by atomic mass is 79.9. The largest absolute Gasteiger partial charge is 0.384 e. The second-order valence-corrected chi connectivity index (χ2v) is 8.15. The number of benzene rings is 1.